The maximum Gasteiger partial charge on any atom is 0.322 e. The Labute approximate surface area is 153 Å². The molecule has 0 aliphatic heterocycles. The fraction of sp³-hybridized carbons (Fsp3) is 0.105. The van der Waals surface area contributed by atoms with Gasteiger partial charge in [-0.05, 0) is 48.9 Å². The number of pyridine rings is 1. The Morgan fingerprint density at radius 1 is 1.27 bits per heavy atom. The van der Waals surface area contributed by atoms with Crippen LogP contribution in [0.1, 0.15) is 21.6 Å². The number of nitrogens with one attached hydrogen (secondary N) is 1. The molecule has 3 heterocycles. The van der Waals surface area contributed by atoms with Crippen molar-refractivity contribution in [3.05, 3.63) is 71.8 Å². The summed E-state index contributed by atoms with van der Waals surface area (Å²) in [6.07, 6.45) is 6.27. The molecule has 6 nitrogen and oxygen atoms in total. The first-order chi connectivity index (χ1) is 12.7. The zero-order valence-electron chi connectivity index (χ0n) is 14.0. The maximum atomic E-state index is 12.7. The predicted molar refractivity (Wildman–Crippen MR) is 99.9 cm³/mol. The summed E-state index contributed by atoms with van der Waals surface area (Å²) in [5.41, 5.74) is 4.53. The molecular weight excluding hydrogens is 348 g/mol. The summed E-state index contributed by atoms with van der Waals surface area (Å²) in [5.74, 6) is 0.206. The van der Waals surface area contributed by atoms with Crippen LogP contribution in [0, 0.1) is 6.92 Å². The van der Waals surface area contributed by atoms with Crippen LogP contribution in [0.25, 0.3) is 16.7 Å². The van der Waals surface area contributed by atoms with Gasteiger partial charge in [0.25, 0.3) is 0 Å². The molecule has 1 N–H and O–H groups in total. The molecule has 0 spiro atoms. The average molecular weight is 364 g/mol. The molecule has 1 aromatic carbocycles. The van der Waals surface area contributed by atoms with Crippen molar-refractivity contribution in [1.82, 2.24) is 19.5 Å². The molecule has 4 aromatic rings. The number of nitrogens with zero attached hydrogens (tertiary/aromatic N) is 3. The lowest BCUT2D eigenvalue weighted by molar-refractivity contribution is 0.112. The topological polar surface area (TPSA) is 86.6 Å². The van der Waals surface area contributed by atoms with Crippen LogP contribution in [-0.4, -0.2) is 30.4 Å². The summed E-state index contributed by atoms with van der Waals surface area (Å²) >= 11 is -1.38. The Balaban J connectivity index is 1.63. The molecule has 0 radical (unpaired) electrons. The Hall–Kier alpha value is -2.90. The molecule has 130 valence electrons. The van der Waals surface area contributed by atoms with Gasteiger partial charge >= 0.3 is 5.16 Å². The lowest BCUT2D eigenvalue weighted by atomic mass is 10.1. The van der Waals surface area contributed by atoms with Crippen LogP contribution < -0.4 is 0 Å². The van der Waals surface area contributed by atoms with E-state index in [9.17, 15) is 9.35 Å². The third kappa shape index (κ3) is 3.02. The number of rotatable bonds is 5. The summed E-state index contributed by atoms with van der Waals surface area (Å²) in [7, 11) is 0. The van der Waals surface area contributed by atoms with E-state index in [1.165, 1.54) is 0 Å². The Bertz CT molecular complexity index is 1070. The highest BCUT2D eigenvalue weighted by Gasteiger charge is 2.20. The van der Waals surface area contributed by atoms with Gasteiger partial charge in [0, 0.05) is 41.0 Å². The molecule has 0 bridgehead atoms. The SMILES string of the molecule is Cc1c(C=O)ccnc1C[S+]([O-])c1nc2cc(-n3cccc3)ccc2[nH]1. The highest BCUT2D eigenvalue weighted by atomic mass is 32.2. The van der Waals surface area contributed by atoms with Crippen molar-refractivity contribution in [3.8, 4) is 5.69 Å². The number of hydrogen-bond donors (Lipinski definition) is 1. The Morgan fingerprint density at radius 3 is 2.85 bits per heavy atom. The number of benzene rings is 1. The van der Waals surface area contributed by atoms with Crippen LogP contribution in [0.4, 0.5) is 0 Å². The van der Waals surface area contributed by atoms with Gasteiger partial charge in [-0.2, -0.15) is 4.98 Å². The van der Waals surface area contributed by atoms with Gasteiger partial charge in [-0.15, -0.1) is 0 Å². The van der Waals surface area contributed by atoms with Crippen LogP contribution in [-0.2, 0) is 16.9 Å². The largest absolute Gasteiger partial charge is 0.609 e. The molecule has 1 unspecified atom stereocenters. The smallest absolute Gasteiger partial charge is 0.322 e. The monoisotopic (exact) mass is 364 g/mol. The quantitative estimate of drug-likeness (QED) is 0.435. The molecule has 0 fully saturated rings. The van der Waals surface area contributed by atoms with Crippen molar-refractivity contribution in [2.24, 2.45) is 0 Å². The average Bonchev–Trinajstić information content (AvgIpc) is 3.32. The highest BCUT2D eigenvalue weighted by molar-refractivity contribution is 7.90. The van der Waals surface area contributed by atoms with Crippen molar-refractivity contribution < 1.29 is 9.35 Å². The fourth-order valence-electron chi connectivity index (χ4n) is 2.81. The second-order valence-electron chi connectivity index (χ2n) is 5.91. The third-order valence-electron chi connectivity index (χ3n) is 4.31. The molecule has 1 atom stereocenters. The van der Waals surface area contributed by atoms with Crippen LogP contribution >= 0.6 is 0 Å². The van der Waals surface area contributed by atoms with E-state index in [-0.39, 0.29) is 5.75 Å². The van der Waals surface area contributed by atoms with Crippen molar-refractivity contribution in [2.75, 3.05) is 0 Å². The summed E-state index contributed by atoms with van der Waals surface area (Å²) in [6, 6.07) is 11.4. The van der Waals surface area contributed by atoms with Crippen molar-refractivity contribution in [2.45, 2.75) is 17.8 Å². The number of aromatic amines is 1. The number of imidazole rings is 1. The zero-order valence-corrected chi connectivity index (χ0v) is 14.9. The molecular formula is C19H16N4O2S. The lowest BCUT2D eigenvalue weighted by Gasteiger charge is -2.09. The third-order valence-corrected chi connectivity index (χ3v) is 5.47. The van der Waals surface area contributed by atoms with E-state index >= 15 is 0 Å². The molecule has 3 aromatic heterocycles. The summed E-state index contributed by atoms with van der Waals surface area (Å²) in [4.78, 5) is 22.9. The van der Waals surface area contributed by atoms with Gasteiger partial charge in [0.05, 0.1) is 16.7 Å². The van der Waals surface area contributed by atoms with Crippen molar-refractivity contribution in [3.63, 3.8) is 0 Å². The normalized spacial score (nSPS) is 12.4. The van der Waals surface area contributed by atoms with E-state index in [1.54, 1.807) is 12.3 Å². The van der Waals surface area contributed by atoms with Crippen LogP contribution in [0.5, 0.6) is 0 Å². The summed E-state index contributed by atoms with van der Waals surface area (Å²) in [5, 5.41) is 0.405. The van der Waals surface area contributed by atoms with E-state index < -0.39 is 11.2 Å². The van der Waals surface area contributed by atoms with Gasteiger partial charge in [0.1, 0.15) is 6.29 Å². The zero-order chi connectivity index (χ0) is 18.1. The first-order valence-corrected chi connectivity index (χ1v) is 9.39. The number of aldehydes is 1. The number of H-pyrrole nitrogens is 1. The van der Waals surface area contributed by atoms with Gasteiger partial charge < -0.3 is 9.12 Å². The summed E-state index contributed by atoms with van der Waals surface area (Å²) in [6.45, 7) is 1.81. The van der Waals surface area contributed by atoms with Crippen LogP contribution in [0.3, 0.4) is 0 Å². The highest BCUT2D eigenvalue weighted by Crippen LogP contribution is 2.22. The standard InChI is InChI=1S/C19H16N4O2S/c1-13-14(11-24)6-7-20-18(13)12-26(25)19-21-16-5-4-15(10-17(16)22-19)23-8-2-3-9-23/h2-11H,12H2,1H3,(H,21,22). The molecule has 7 heteroatoms. The molecule has 0 aliphatic rings. The molecule has 26 heavy (non-hydrogen) atoms. The van der Waals surface area contributed by atoms with Gasteiger partial charge in [-0.25, -0.2) is 0 Å². The van der Waals surface area contributed by atoms with Crippen LogP contribution in [0.2, 0.25) is 0 Å². The van der Waals surface area contributed by atoms with Gasteiger partial charge in [-0.3, -0.25) is 14.8 Å². The molecule has 4 rings (SSSR count). The molecule has 0 aliphatic carbocycles. The molecule has 0 saturated carbocycles. The number of carbonyl (C=O) groups is 1. The molecule has 0 saturated heterocycles. The summed E-state index contributed by atoms with van der Waals surface area (Å²) < 4.78 is 14.7. The number of hydrogen-bond acceptors (Lipinski definition) is 4. The number of fused-ring (bicyclic) bond motifs is 1. The lowest BCUT2D eigenvalue weighted by Crippen LogP contribution is -2.10. The van der Waals surface area contributed by atoms with E-state index in [2.05, 4.69) is 15.0 Å². The maximum absolute atomic E-state index is 12.7. The minimum Gasteiger partial charge on any atom is -0.609 e. The van der Waals surface area contributed by atoms with E-state index in [0.29, 0.717) is 16.4 Å². The predicted octanol–water partition coefficient (Wildman–Crippen LogP) is 3.18. The number of carbonyl (C=O) groups excluding carboxylic acids is 1. The van der Waals surface area contributed by atoms with Gasteiger partial charge in [0.2, 0.25) is 0 Å². The second kappa shape index (κ2) is 6.78. The minimum atomic E-state index is -1.38. The van der Waals surface area contributed by atoms with E-state index in [4.69, 9.17) is 0 Å². The second-order valence-corrected chi connectivity index (χ2v) is 7.28. The first kappa shape index (κ1) is 16.6. The van der Waals surface area contributed by atoms with Crippen LogP contribution in [0.15, 0.2) is 60.1 Å². The fourth-order valence-corrected chi connectivity index (χ4v) is 3.91. The number of aromatic nitrogens is 4. The Morgan fingerprint density at radius 2 is 2.08 bits per heavy atom. The van der Waals surface area contributed by atoms with E-state index in [1.807, 2.05) is 54.2 Å². The van der Waals surface area contributed by atoms with Crippen molar-refractivity contribution in [1.29, 1.82) is 0 Å². The molecule has 0 amide bonds. The minimum absolute atomic E-state index is 0.206. The van der Waals surface area contributed by atoms with Gasteiger partial charge in [-0.1, -0.05) is 0 Å². The van der Waals surface area contributed by atoms with Crippen molar-refractivity contribution >= 4 is 28.5 Å². The Kier molecular flexibility index (Phi) is 4.32. The first-order valence-electron chi connectivity index (χ1n) is 8.07. The van der Waals surface area contributed by atoms with E-state index in [0.717, 1.165) is 28.6 Å². The van der Waals surface area contributed by atoms with Gasteiger partial charge in [0.15, 0.2) is 5.75 Å².